The Hall–Kier alpha value is -4.09. The molecule has 12 heteroatoms. The first-order valence-corrected chi connectivity index (χ1v) is 12.5. The number of carbonyl (C=O) groups excluding carboxylic acids is 2. The molecule has 5 rings (SSSR count). The van der Waals surface area contributed by atoms with Crippen LogP contribution in [-0.2, 0) is 27.4 Å². The second kappa shape index (κ2) is 11.1. The summed E-state index contributed by atoms with van der Waals surface area (Å²) < 4.78 is 21.0. The summed E-state index contributed by atoms with van der Waals surface area (Å²) in [6, 6.07) is 8.99. The third-order valence-corrected chi connectivity index (χ3v) is 6.62. The van der Waals surface area contributed by atoms with Crippen LogP contribution in [0.2, 0.25) is 5.02 Å². The third-order valence-electron chi connectivity index (χ3n) is 6.28. The van der Waals surface area contributed by atoms with Crippen LogP contribution < -0.4 is 11.1 Å². The van der Waals surface area contributed by atoms with E-state index in [0.717, 1.165) is 19.3 Å². The number of nitrogens with one attached hydrogen (secondary N) is 1. The summed E-state index contributed by atoms with van der Waals surface area (Å²) >= 11 is 6.27. The molecule has 196 valence electrons. The van der Waals surface area contributed by atoms with Crippen LogP contribution in [0.3, 0.4) is 0 Å². The van der Waals surface area contributed by atoms with E-state index in [1.54, 1.807) is 41.3 Å². The minimum Gasteiger partial charge on any atom is -0.383 e. The predicted molar refractivity (Wildman–Crippen MR) is 139 cm³/mol. The molecule has 3 aromatic heterocycles. The number of nitrogens with two attached hydrogens (primary N) is 1. The monoisotopic (exact) mass is 537 g/mol. The number of rotatable bonds is 6. The van der Waals surface area contributed by atoms with Crippen LogP contribution in [0.4, 0.5) is 15.9 Å². The first-order valence-electron chi connectivity index (χ1n) is 12.1. The fourth-order valence-corrected chi connectivity index (χ4v) is 4.54. The highest BCUT2D eigenvalue weighted by Crippen LogP contribution is 2.32. The molecule has 38 heavy (non-hydrogen) atoms. The van der Waals surface area contributed by atoms with Crippen molar-refractivity contribution in [1.82, 2.24) is 24.6 Å². The summed E-state index contributed by atoms with van der Waals surface area (Å²) in [7, 11) is 0. The zero-order valence-corrected chi connectivity index (χ0v) is 21.1. The minimum atomic E-state index is -0.899. The van der Waals surface area contributed by atoms with Gasteiger partial charge in [-0.2, -0.15) is 5.10 Å². The molecule has 0 radical (unpaired) electrons. The average molecular weight is 538 g/mol. The Labute approximate surface area is 222 Å². The molecule has 1 saturated heterocycles. The maximum absolute atomic E-state index is 13.4. The van der Waals surface area contributed by atoms with Gasteiger partial charge in [0.25, 0.3) is 0 Å². The first-order chi connectivity index (χ1) is 18.4. The van der Waals surface area contributed by atoms with E-state index in [4.69, 9.17) is 22.1 Å². The fraction of sp³-hybridized carbons (Fsp3) is 0.269. The van der Waals surface area contributed by atoms with Crippen molar-refractivity contribution in [1.29, 1.82) is 0 Å². The van der Waals surface area contributed by atoms with Gasteiger partial charge < -0.3 is 20.7 Å². The Bertz CT molecular complexity index is 1470. The summed E-state index contributed by atoms with van der Waals surface area (Å²) in [5.41, 5.74) is 7.90. The zero-order chi connectivity index (χ0) is 26.6. The lowest BCUT2D eigenvalue weighted by Crippen LogP contribution is -2.39. The lowest BCUT2D eigenvalue weighted by molar-refractivity contribution is -0.144. The molecule has 4 aromatic rings. The SMILES string of the molecule is Nc1ncc(NC(=O)C(=O)N(Cc2ccc(F)cc2)Cc2ncccc2Cl)c2c1cnn2C1CCCCO1. The second-order valence-corrected chi connectivity index (χ2v) is 9.31. The van der Waals surface area contributed by atoms with Gasteiger partial charge in [0, 0.05) is 19.3 Å². The molecule has 0 spiro atoms. The molecule has 0 bridgehead atoms. The van der Waals surface area contributed by atoms with E-state index in [1.807, 2.05) is 0 Å². The number of nitrogens with zero attached hydrogens (tertiary/aromatic N) is 5. The molecular weight excluding hydrogens is 513 g/mol. The van der Waals surface area contributed by atoms with Gasteiger partial charge in [-0.3, -0.25) is 14.6 Å². The van der Waals surface area contributed by atoms with Gasteiger partial charge in [0.05, 0.1) is 40.7 Å². The number of pyridine rings is 2. The van der Waals surface area contributed by atoms with Crippen molar-refractivity contribution in [2.75, 3.05) is 17.7 Å². The molecule has 2 amide bonds. The number of amides is 2. The molecule has 1 aliphatic rings. The molecular formula is C26H25ClFN7O3. The summed E-state index contributed by atoms with van der Waals surface area (Å²) in [5.74, 6) is -1.89. The van der Waals surface area contributed by atoms with Crippen LogP contribution in [0, 0.1) is 5.82 Å². The van der Waals surface area contributed by atoms with Crippen LogP contribution in [-0.4, -0.2) is 43.1 Å². The molecule has 1 aliphatic heterocycles. The number of carbonyl (C=O) groups is 2. The van der Waals surface area contributed by atoms with Crippen molar-refractivity contribution < 1.29 is 18.7 Å². The van der Waals surface area contributed by atoms with Gasteiger partial charge in [-0.15, -0.1) is 0 Å². The van der Waals surface area contributed by atoms with Gasteiger partial charge in [-0.05, 0) is 49.1 Å². The number of halogens is 2. The number of nitrogen functional groups attached to an aromatic ring is 1. The lowest BCUT2D eigenvalue weighted by Gasteiger charge is -2.24. The zero-order valence-electron chi connectivity index (χ0n) is 20.3. The number of aromatic nitrogens is 4. The number of hydrogen-bond acceptors (Lipinski definition) is 7. The number of ether oxygens (including phenoxy) is 1. The minimum absolute atomic E-state index is 0.0304. The molecule has 1 unspecified atom stereocenters. The van der Waals surface area contributed by atoms with Crippen molar-refractivity contribution in [3.8, 4) is 0 Å². The van der Waals surface area contributed by atoms with Crippen LogP contribution in [0.1, 0.15) is 36.7 Å². The van der Waals surface area contributed by atoms with E-state index in [1.165, 1.54) is 23.2 Å². The van der Waals surface area contributed by atoms with E-state index in [0.29, 0.717) is 33.8 Å². The van der Waals surface area contributed by atoms with Crippen molar-refractivity contribution in [3.05, 3.63) is 77.1 Å². The average Bonchev–Trinajstić information content (AvgIpc) is 3.39. The third kappa shape index (κ3) is 5.43. The summed E-state index contributed by atoms with van der Waals surface area (Å²) in [5, 5.41) is 7.99. The molecule has 10 nitrogen and oxygen atoms in total. The van der Waals surface area contributed by atoms with Crippen molar-refractivity contribution >= 4 is 45.8 Å². The Balaban J connectivity index is 1.43. The highest BCUT2D eigenvalue weighted by atomic mass is 35.5. The Morgan fingerprint density at radius 1 is 1.16 bits per heavy atom. The van der Waals surface area contributed by atoms with Crippen LogP contribution in [0.25, 0.3) is 10.9 Å². The number of fused-ring (bicyclic) bond motifs is 1. The van der Waals surface area contributed by atoms with Gasteiger partial charge >= 0.3 is 11.8 Å². The standard InChI is InChI=1S/C26H25ClFN7O3/c27-19-4-3-10-30-21(19)15-34(14-16-6-8-17(28)9-7-16)26(37)25(36)33-20-13-31-24(29)18-12-32-35(23(18)20)22-5-1-2-11-38-22/h3-4,6-10,12-13,22H,1-2,5,11,14-15H2,(H2,29,31)(H,33,36). The van der Waals surface area contributed by atoms with Crippen molar-refractivity contribution in [2.45, 2.75) is 38.6 Å². The van der Waals surface area contributed by atoms with E-state index >= 15 is 0 Å². The van der Waals surface area contributed by atoms with Crippen LogP contribution in [0.15, 0.2) is 55.0 Å². The Kier molecular flexibility index (Phi) is 7.47. The second-order valence-electron chi connectivity index (χ2n) is 8.90. The normalized spacial score (nSPS) is 15.4. The van der Waals surface area contributed by atoms with Crippen LogP contribution in [0.5, 0.6) is 0 Å². The highest BCUT2D eigenvalue weighted by Gasteiger charge is 2.27. The Morgan fingerprint density at radius 3 is 2.71 bits per heavy atom. The maximum Gasteiger partial charge on any atom is 0.314 e. The van der Waals surface area contributed by atoms with Gasteiger partial charge in [-0.1, -0.05) is 23.7 Å². The molecule has 1 atom stereocenters. The van der Waals surface area contributed by atoms with E-state index in [9.17, 15) is 14.0 Å². The molecule has 0 aliphatic carbocycles. The van der Waals surface area contributed by atoms with Gasteiger partial charge in [0.2, 0.25) is 0 Å². The maximum atomic E-state index is 13.4. The first kappa shape index (κ1) is 25.6. The topological polar surface area (TPSA) is 128 Å². The fourth-order valence-electron chi connectivity index (χ4n) is 4.35. The quantitative estimate of drug-likeness (QED) is 0.355. The molecule has 0 saturated carbocycles. The van der Waals surface area contributed by atoms with Gasteiger partial charge in [0.1, 0.15) is 17.2 Å². The molecule has 1 fully saturated rings. The largest absolute Gasteiger partial charge is 0.383 e. The molecule has 4 heterocycles. The Morgan fingerprint density at radius 2 is 1.97 bits per heavy atom. The lowest BCUT2D eigenvalue weighted by atomic mass is 10.2. The van der Waals surface area contributed by atoms with Gasteiger partial charge in [-0.25, -0.2) is 14.1 Å². The van der Waals surface area contributed by atoms with E-state index in [2.05, 4.69) is 20.4 Å². The molecule has 3 N–H and O–H groups in total. The number of benzene rings is 1. The number of anilines is 2. The predicted octanol–water partition coefficient (Wildman–Crippen LogP) is 4.07. The van der Waals surface area contributed by atoms with Crippen molar-refractivity contribution in [2.24, 2.45) is 0 Å². The number of hydrogen-bond donors (Lipinski definition) is 2. The molecule has 1 aromatic carbocycles. The summed E-state index contributed by atoms with van der Waals surface area (Å²) in [6.07, 6.45) is 6.87. The van der Waals surface area contributed by atoms with Crippen molar-refractivity contribution in [3.63, 3.8) is 0 Å². The summed E-state index contributed by atoms with van der Waals surface area (Å²) in [6.45, 7) is 0.594. The highest BCUT2D eigenvalue weighted by molar-refractivity contribution is 6.40. The van der Waals surface area contributed by atoms with Crippen LogP contribution >= 0.6 is 11.6 Å². The van der Waals surface area contributed by atoms with Gasteiger partial charge in [0.15, 0.2) is 6.23 Å². The van der Waals surface area contributed by atoms with E-state index < -0.39 is 17.6 Å². The van der Waals surface area contributed by atoms with E-state index in [-0.39, 0.29) is 30.8 Å². The smallest absolute Gasteiger partial charge is 0.314 e. The summed E-state index contributed by atoms with van der Waals surface area (Å²) in [4.78, 5) is 36.4.